The van der Waals surface area contributed by atoms with Gasteiger partial charge in [-0.05, 0) is 89.6 Å². The molecule has 170 valence electrons. The maximum atomic E-state index is 3.77. The van der Waals surface area contributed by atoms with E-state index in [2.05, 4.69) is 153 Å². The van der Waals surface area contributed by atoms with Crippen LogP contribution in [0.4, 0.5) is 0 Å². The number of rotatable bonds is 2. The summed E-state index contributed by atoms with van der Waals surface area (Å²) in [6.07, 6.45) is 0. The smallest absolute Gasteiger partial charge is 0.0254 e. The lowest BCUT2D eigenvalue weighted by atomic mass is 9.84. The molecule has 2 heteroatoms. The third-order valence-corrected chi connectivity index (χ3v) is 8.35. The van der Waals surface area contributed by atoms with Crippen LogP contribution in [0.25, 0.3) is 65.3 Å². The predicted octanol–water partition coefficient (Wildman–Crippen LogP) is 11.2. The van der Waals surface area contributed by atoms with Gasteiger partial charge in [-0.3, -0.25) is 0 Å². The van der Waals surface area contributed by atoms with E-state index < -0.39 is 0 Å². The van der Waals surface area contributed by atoms with Gasteiger partial charge in [-0.1, -0.05) is 129 Å². The highest BCUT2D eigenvalue weighted by Crippen LogP contribution is 2.46. The monoisotopic (exact) mass is 586 g/mol. The van der Waals surface area contributed by atoms with Crippen LogP contribution >= 0.6 is 31.9 Å². The molecule has 0 N–H and O–H groups in total. The molecule has 0 unspecified atom stereocenters. The largest absolute Gasteiger partial charge is 0.0616 e. The molecule has 0 heterocycles. The Balaban J connectivity index is 1.63. The van der Waals surface area contributed by atoms with Crippen molar-refractivity contribution in [3.8, 4) is 22.3 Å². The van der Waals surface area contributed by atoms with Crippen molar-refractivity contribution in [2.24, 2.45) is 0 Å². The quantitative estimate of drug-likeness (QED) is 0.176. The van der Waals surface area contributed by atoms with Crippen molar-refractivity contribution in [2.75, 3.05) is 0 Å². The van der Waals surface area contributed by atoms with Crippen LogP contribution in [0.1, 0.15) is 0 Å². The molecule has 0 bridgehead atoms. The van der Waals surface area contributed by atoms with Gasteiger partial charge in [0.25, 0.3) is 0 Å². The average molecular weight is 588 g/mol. The van der Waals surface area contributed by atoms with Crippen molar-refractivity contribution in [1.82, 2.24) is 0 Å². The van der Waals surface area contributed by atoms with Crippen molar-refractivity contribution in [3.05, 3.63) is 130 Å². The molecule has 0 amide bonds. The predicted molar refractivity (Wildman–Crippen MR) is 163 cm³/mol. The second-order valence-corrected chi connectivity index (χ2v) is 11.0. The average Bonchev–Trinajstić information content (AvgIpc) is 2.92. The number of halogens is 2. The molecule has 0 saturated heterocycles. The van der Waals surface area contributed by atoms with E-state index in [-0.39, 0.29) is 0 Å². The molecule has 0 radical (unpaired) electrons. The van der Waals surface area contributed by atoms with Gasteiger partial charge >= 0.3 is 0 Å². The molecule has 0 nitrogen and oxygen atoms in total. The fourth-order valence-corrected chi connectivity index (χ4v) is 6.44. The summed E-state index contributed by atoms with van der Waals surface area (Å²) >= 11 is 7.38. The standard InChI is InChI=1S/C34H20Br2/c35-24-16-15-21-19-23(14-13-22(21)20-24)33-27-9-3-5-11-29(27)34(30-12-6-4-10-28(30)33)31-17-18-32(36)26-8-2-1-7-25(26)31/h1-20H. The SMILES string of the molecule is Brc1ccc2cc(-c3c4ccccc4c(-c4ccc(Br)c5ccccc45)c4ccccc34)ccc2c1. The van der Waals surface area contributed by atoms with Crippen LogP contribution in [0.3, 0.4) is 0 Å². The Kier molecular flexibility index (Phi) is 5.20. The Morgan fingerprint density at radius 2 is 0.917 bits per heavy atom. The summed E-state index contributed by atoms with van der Waals surface area (Å²) in [6, 6.07) is 44.1. The summed E-state index contributed by atoms with van der Waals surface area (Å²) < 4.78 is 2.22. The van der Waals surface area contributed by atoms with Crippen LogP contribution in [0.15, 0.2) is 130 Å². The van der Waals surface area contributed by atoms with E-state index in [1.165, 1.54) is 65.3 Å². The van der Waals surface area contributed by atoms with E-state index in [0.29, 0.717) is 0 Å². The number of hydrogen-bond acceptors (Lipinski definition) is 0. The van der Waals surface area contributed by atoms with Gasteiger partial charge in [0, 0.05) is 8.95 Å². The van der Waals surface area contributed by atoms with Crippen LogP contribution in [0, 0.1) is 0 Å². The fraction of sp³-hybridized carbons (Fsp3) is 0. The minimum atomic E-state index is 1.10. The molecule has 0 saturated carbocycles. The zero-order valence-electron chi connectivity index (χ0n) is 19.3. The lowest BCUT2D eigenvalue weighted by Gasteiger charge is -2.19. The van der Waals surface area contributed by atoms with Crippen LogP contribution in [0.2, 0.25) is 0 Å². The molecule has 0 aliphatic carbocycles. The molecule has 7 rings (SSSR count). The van der Waals surface area contributed by atoms with Gasteiger partial charge in [0.2, 0.25) is 0 Å². The van der Waals surface area contributed by atoms with Crippen LogP contribution in [-0.2, 0) is 0 Å². The number of hydrogen-bond donors (Lipinski definition) is 0. The molecule has 0 aliphatic heterocycles. The molecule has 7 aromatic rings. The Hall–Kier alpha value is -3.46. The molecule has 0 aromatic heterocycles. The normalized spacial score (nSPS) is 11.6. The zero-order valence-corrected chi connectivity index (χ0v) is 22.5. The lowest BCUT2D eigenvalue weighted by Crippen LogP contribution is -1.92. The van der Waals surface area contributed by atoms with Crippen LogP contribution in [0.5, 0.6) is 0 Å². The van der Waals surface area contributed by atoms with Crippen molar-refractivity contribution >= 4 is 74.9 Å². The summed E-state index contributed by atoms with van der Waals surface area (Å²) in [7, 11) is 0. The van der Waals surface area contributed by atoms with Crippen molar-refractivity contribution in [1.29, 1.82) is 0 Å². The van der Waals surface area contributed by atoms with E-state index in [0.717, 1.165) is 8.95 Å². The van der Waals surface area contributed by atoms with E-state index in [1.54, 1.807) is 0 Å². The minimum Gasteiger partial charge on any atom is -0.0616 e. The molecule has 0 fully saturated rings. The summed E-state index contributed by atoms with van der Waals surface area (Å²) in [5.41, 5.74) is 5.08. The van der Waals surface area contributed by atoms with Gasteiger partial charge < -0.3 is 0 Å². The number of benzene rings is 7. The maximum Gasteiger partial charge on any atom is 0.0254 e. The summed E-state index contributed by atoms with van der Waals surface area (Å²) in [5.74, 6) is 0. The Morgan fingerprint density at radius 1 is 0.389 bits per heavy atom. The molecule has 0 aliphatic rings. The van der Waals surface area contributed by atoms with Crippen molar-refractivity contribution < 1.29 is 0 Å². The van der Waals surface area contributed by atoms with Crippen LogP contribution in [-0.4, -0.2) is 0 Å². The summed E-state index contributed by atoms with van der Waals surface area (Å²) in [5, 5.41) is 10.1. The first-order valence-electron chi connectivity index (χ1n) is 12.0. The zero-order chi connectivity index (χ0) is 24.2. The third kappa shape index (κ3) is 3.40. The van der Waals surface area contributed by atoms with Gasteiger partial charge in [-0.2, -0.15) is 0 Å². The molecular formula is C34H20Br2. The summed E-state index contributed by atoms with van der Waals surface area (Å²) in [4.78, 5) is 0. The van der Waals surface area contributed by atoms with Crippen LogP contribution < -0.4 is 0 Å². The second-order valence-electron chi connectivity index (χ2n) is 9.19. The Labute approximate surface area is 226 Å². The van der Waals surface area contributed by atoms with Gasteiger partial charge in [0.1, 0.15) is 0 Å². The highest BCUT2D eigenvalue weighted by Gasteiger charge is 2.18. The third-order valence-electron chi connectivity index (χ3n) is 7.16. The topological polar surface area (TPSA) is 0 Å². The highest BCUT2D eigenvalue weighted by molar-refractivity contribution is 9.11. The minimum absolute atomic E-state index is 1.10. The first-order valence-corrected chi connectivity index (χ1v) is 13.6. The van der Waals surface area contributed by atoms with Gasteiger partial charge in [-0.15, -0.1) is 0 Å². The Morgan fingerprint density at radius 3 is 1.58 bits per heavy atom. The lowest BCUT2D eigenvalue weighted by molar-refractivity contribution is 1.66. The van der Waals surface area contributed by atoms with E-state index in [9.17, 15) is 0 Å². The van der Waals surface area contributed by atoms with Crippen molar-refractivity contribution in [3.63, 3.8) is 0 Å². The molecule has 36 heavy (non-hydrogen) atoms. The maximum absolute atomic E-state index is 3.77. The van der Waals surface area contributed by atoms with E-state index in [4.69, 9.17) is 0 Å². The summed E-state index contributed by atoms with van der Waals surface area (Å²) in [6.45, 7) is 0. The molecular weight excluding hydrogens is 568 g/mol. The molecule has 7 aromatic carbocycles. The fourth-order valence-electron chi connectivity index (χ4n) is 5.58. The van der Waals surface area contributed by atoms with Gasteiger partial charge in [0.15, 0.2) is 0 Å². The van der Waals surface area contributed by atoms with Crippen molar-refractivity contribution in [2.45, 2.75) is 0 Å². The first-order chi connectivity index (χ1) is 17.7. The van der Waals surface area contributed by atoms with Gasteiger partial charge in [0.05, 0.1) is 0 Å². The Bertz CT molecular complexity index is 1910. The molecule has 0 atom stereocenters. The highest BCUT2D eigenvalue weighted by atomic mass is 79.9. The molecule has 0 spiro atoms. The van der Waals surface area contributed by atoms with E-state index in [1.807, 2.05) is 0 Å². The number of fused-ring (bicyclic) bond motifs is 4. The second kappa shape index (κ2) is 8.58. The van der Waals surface area contributed by atoms with E-state index >= 15 is 0 Å². The first kappa shape index (κ1) is 21.8. The van der Waals surface area contributed by atoms with Gasteiger partial charge in [-0.25, -0.2) is 0 Å².